The van der Waals surface area contributed by atoms with E-state index in [2.05, 4.69) is 4.98 Å². The van der Waals surface area contributed by atoms with Crippen LogP contribution >= 0.6 is 0 Å². The lowest BCUT2D eigenvalue weighted by molar-refractivity contribution is -0.141. The van der Waals surface area contributed by atoms with Crippen molar-refractivity contribution in [3.8, 4) is 0 Å². The molecule has 9 nitrogen and oxygen atoms in total. The van der Waals surface area contributed by atoms with Gasteiger partial charge in [0, 0.05) is 18.3 Å². The fourth-order valence-corrected chi connectivity index (χ4v) is 5.31. The van der Waals surface area contributed by atoms with E-state index in [1.165, 1.54) is 11.8 Å². The molecule has 1 fully saturated rings. The minimum absolute atomic E-state index is 0.0496. The highest BCUT2D eigenvalue weighted by Crippen LogP contribution is 2.22. The van der Waals surface area contributed by atoms with Gasteiger partial charge in [0.05, 0.1) is 23.7 Å². The Balaban J connectivity index is 2.14. The average Bonchev–Trinajstić information content (AvgIpc) is 3.14. The molecule has 2 unspecified atom stereocenters. The second kappa shape index (κ2) is 8.98. The molecule has 0 saturated carbocycles. The van der Waals surface area contributed by atoms with Gasteiger partial charge in [0.15, 0.2) is 15.9 Å². The number of aromatic amines is 1. The van der Waals surface area contributed by atoms with Crippen LogP contribution in [0.25, 0.3) is 0 Å². The fraction of sp³-hybridized carbons (Fsp3) is 0.632. The van der Waals surface area contributed by atoms with Crippen molar-refractivity contribution in [3.05, 3.63) is 22.5 Å². The van der Waals surface area contributed by atoms with Crippen LogP contribution in [-0.4, -0.2) is 73.0 Å². The van der Waals surface area contributed by atoms with E-state index in [4.69, 9.17) is 9.47 Å². The molecule has 1 aliphatic heterocycles. The van der Waals surface area contributed by atoms with Crippen LogP contribution in [0.4, 0.5) is 0 Å². The Hall–Kier alpha value is -2.36. The number of aromatic nitrogens is 1. The molecule has 0 spiro atoms. The Bertz CT molecular complexity index is 904. The van der Waals surface area contributed by atoms with E-state index in [0.29, 0.717) is 24.2 Å². The Labute approximate surface area is 170 Å². The molecule has 1 aromatic rings. The highest BCUT2D eigenvalue weighted by atomic mass is 32.2. The number of ether oxygens (including phenoxy) is 2. The first kappa shape index (κ1) is 22.9. The first-order chi connectivity index (χ1) is 13.5. The summed E-state index contributed by atoms with van der Waals surface area (Å²) < 4.78 is 33.8. The fourth-order valence-electron chi connectivity index (χ4n) is 3.58. The van der Waals surface area contributed by atoms with Crippen molar-refractivity contribution in [2.24, 2.45) is 0 Å². The maximum absolute atomic E-state index is 12.8. The van der Waals surface area contributed by atoms with Crippen LogP contribution in [0.1, 0.15) is 59.3 Å². The maximum Gasteiger partial charge on any atom is 0.355 e. The third kappa shape index (κ3) is 4.98. The predicted octanol–water partition coefficient (Wildman–Crippen LogP) is 1.39. The van der Waals surface area contributed by atoms with Gasteiger partial charge >= 0.3 is 11.9 Å². The molecular formula is C19H28N2O7S. The van der Waals surface area contributed by atoms with Crippen molar-refractivity contribution in [3.63, 3.8) is 0 Å². The number of carbonyl (C=O) groups excluding carboxylic acids is 3. The number of hydrogen-bond acceptors (Lipinski definition) is 7. The highest BCUT2D eigenvalue weighted by molar-refractivity contribution is 7.91. The SMILES string of the molecule is CCOC(=O)c1[nH]c(C)c(C(=O)OC(C)C(=O)N(CC)C2CCS(=O)(=O)C2)c1C. The Kier molecular flexibility index (Phi) is 7.10. The van der Waals surface area contributed by atoms with E-state index in [1.54, 1.807) is 27.7 Å². The minimum Gasteiger partial charge on any atom is -0.461 e. The summed E-state index contributed by atoms with van der Waals surface area (Å²) in [6.07, 6.45) is -0.716. The van der Waals surface area contributed by atoms with Crippen molar-refractivity contribution in [2.45, 2.75) is 53.2 Å². The number of amides is 1. The van der Waals surface area contributed by atoms with Gasteiger partial charge in [-0.25, -0.2) is 18.0 Å². The van der Waals surface area contributed by atoms with Crippen molar-refractivity contribution < 1.29 is 32.3 Å². The van der Waals surface area contributed by atoms with E-state index in [0.717, 1.165) is 0 Å². The van der Waals surface area contributed by atoms with Gasteiger partial charge in [-0.1, -0.05) is 0 Å². The minimum atomic E-state index is -3.15. The number of nitrogens with zero attached hydrogens (tertiary/aromatic N) is 1. The Morgan fingerprint density at radius 3 is 2.38 bits per heavy atom. The van der Waals surface area contributed by atoms with Crippen molar-refractivity contribution >= 4 is 27.7 Å². The van der Waals surface area contributed by atoms with Crippen LogP contribution < -0.4 is 0 Å². The molecule has 1 saturated heterocycles. The number of esters is 2. The maximum atomic E-state index is 12.8. The number of hydrogen-bond donors (Lipinski definition) is 1. The summed E-state index contributed by atoms with van der Waals surface area (Å²) in [7, 11) is -3.15. The lowest BCUT2D eigenvalue weighted by atomic mass is 10.1. The van der Waals surface area contributed by atoms with E-state index in [9.17, 15) is 22.8 Å². The third-order valence-electron chi connectivity index (χ3n) is 5.03. The molecule has 1 amide bonds. The van der Waals surface area contributed by atoms with Gasteiger partial charge in [-0.15, -0.1) is 0 Å². The van der Waals surface area contributed by atoms with Crippen LogP contribution in [0, 0.1) is 13.8 Å². The summed E-state index contributed by atoms with van der Waals surface area (Å²) >= 11 is 0. The van der Waals surface area contributed by atoms with Gasteiger partial charge in [-0.2, -0.15) is 0 Å². The molecule has 0 bridgehead atoms. The molecule has 2 heterocycles. The van der Waals surface area contributed by atoms with E-state index >= 15 is 0 Å². The first-order valence-corrected chi connectivity index (χ1v) is 11.4. The van der Waals surface area contributed by atoms with Gasteiger partial charge < -0.3 is 19.4 Å². The lowest BCUT2D eigenvalue weighted by Gasteiger charge is -2.29. The largest absolute Gasteiger partial charge is 0.461 e. The average molecular weight is 429 g/mol. The molecule has 0 aromatic carbocycles. The molecule has 1 aromatic heterocycles. The molecule has 10 heteroatoms. The van der Waals surface area contributed by atoms with Crippen molar-refractivity contribution in [1.29, 1.82) is 0 Å². The topological polar surface area (TPSA) is 123 Å². The molecular weight excluding hydrogens is 400 g/mol. The molecule has 2 atom stereocenters. The summed E-state index contributed by atoms with van der Waals surface area (Å²) in [5.74, 6) is -1.78. The quantitative estimate of drug-likeness (QED) is 0.651. The number of rotatable bonds is 7. The monoisotopic (exact) mass is 428 g/mol. The summed E-state index contributed by atoms with van der Waals surface area (Å²) in [5, 5.41) is 0. The summed E-state index contributed by atoms with van der Waals surface area (Å²) in [4.78, 5) is 41.7. The molecule has 29 heavy (non-hydrogen) atoms. The highest BCUT2D eigenvalue weighted by Gasteiger charge is 2.36. The molecule has 0 aliphatic carbocycles. The molecule has 1 aliphatic rings. The number of aryl methyl sites for hydroxylation is 1. The number of carbonyl (C=O) groups is 3. The van der Waals surface area contributed by atoms with E-state index < -0.39 is 39.8 Å². The summed E-state index contributed by atoms with van der Waals surface area (Å²) in [6, 6.07) is -0.412. The van der Waals surface area contributed by atoms with E-state index in [1.807, 2.05) is 0 Å². The molecule has 1 N–H and O–H groups in total. The second-order valence-electron chi connectivity index (χ2n) is 7.07. The van der Waals surface area contributed by atoms with Crippen LogP contribution in [0.2, 0.25) is 0 Å². The third-order valence-corrected chi connectivity index (χ3v) is 6.78. The van der Waals surface area contributed by atoms with Crippen LogP contribution in [0.15, 0.2) is 0 Å². The van der Waals surface area contributed by atoms with E-state index in [-0.39, 0.29) is 29.4 Å². The Morgan fingerprint density at radius 2 is 1.86 bits per heavy atom. The predicted molar refractivity (Wildman–Crippen MR) is 106 cm³/mol. The normalized spacial score (nSPS) is 18.9. The molecule has 162 valence electrons. The Morgan fingerprint density at radius 1 is 1.21 bits per heavy atom. The van der Waals surface area contributed by atoms with Gasteiger partial charge in [-0.05, 0) is 46.6 Å². The zero-order chi connectivity index (χ0) is 21.9. The van der Waals surface area contributed by atoms with Crippen LogP contribution in [0.3, 0.4) is 0 Å². The van der Waals surface area contributed by atoms with Gasteiger partial charge in [0.1, 0.15) is 5.69 Å². The van der Waals surface area contributed by atoms with Gasteiger partial charge in [0.25, 0.3) is 5.91 Å². The van der Waals surface area contributed by atoms with Crippen LogP contribution in [0.5, 0.6) is 0 Å². The number of sulfone groups is 1. The van der Waals surface area contributed by atoms with Crippen LogP contribution in [-0.2, 0) is 24.1 Å². The number of nitrogens with one attached hydrogen (secondary N) is 1. The van der Waals surface area contributed by atoms with Gasteiger partial charge in [-0.3, -0.25) is 4.79 Å². The summed E-state index contributed by atoms with van der Waals surface area (Å²) in [5.41, 5.74) is 1.17. The molecule has 2 rings (SSSR count). The smallest absolute Gasteiger partial charge is 0.355 e. The number of likely N-dealkylation sites (N-methyl/N-ethyl adjacent to an activating group) is 1. The lowest BCUT2D eigenvalue weighted by Crippen LogP contribution is -2.46. The standard InChI is InChI=1S/C19H28N2O7S/c1-6-21(14-8-9-29(25,26)10-14)17(22)13(5)28-18(23)15-11(3)16(20-12(15)4)19(24)27-7-2/h13-14,20H,6-10H2,1-5H3. The first-order valence-electron chi connectivity index (χ1n) is 9.60. The zero-order valence-corrected chi connectivity index (χ0v) is 18.2. The van der Waals surface area contributed by atoms with Crippen molar-refractivity contribution in [1.82, 2.24) is 9.88 Å². The zero-order valence-electron chi connectivity index (χ0n) is 17.4. The number of H-pyrrole nitrogens is 1. The second-order valence-corrected chi connectivity index (χ2v) is 9.30. The van der Waals surface area contributed by atoms with Gasteiger partial charge in [0.2, 0.25) is 0 Å². The summed E-state index contributed by atoms with van der Waals surface area (Å²) in [6.45, 7) is 8.63. The molecule has 0 radical (unpaired) electrons. The van der Waals surface area contributed by atoms with Crippen molar-refractivity contribution in [2.75, 3.05) is 24.7 Å².